The second-order valence-electron chi connectivity index (χ2n) is 4.84. The summed E-state index contributed by atoms with van der Waals surface area (Å²) in [6.07, 6.45) is 0. The highest BCUT2D eigenvalue weighted by Crippen LogP contribution is 2.30. The predicted molar refractivity (Wildman–Crippen MR) is 82.0 cm³/mol. The molecular formula is C13H6N4O7. The molecule has 0 atom stereocenters. The summed E-state index contributed by atoms with van der Waals surface area (Å²) in [6.45, 7) is 0. The number of nitro benzene ring substituents is 3. The highest BCUT2D eigenvalue weighted by atomic mass is 16.6. The number of non-ortho nitro benzene ring substituents is 3. The number of aromatic amines is 1. The number of H-pyrrole nitrogens is 1. The van der Waals surface area contributed by atoms with Gasteiger partial charge in [-0.05, 0) is 6.07 Å². The minimum Gasteiger partial charge on any atom is -0.349 e. The van der Waals surface area contributed by atoms with Gasteiger partial charge < -0.3 is 4.98 Å². The molecule has 3 aromatic rings. The SMILES string of the molecule is O=c1c2cc([N+](=O)[O-])ccc2[nH]c2c([N+](=O)[O-])cc([N+](=O)[O-])cc12. The maximum atomic E-state index is 12.5. The molecule has 0 bridgehead atoms. The van der Waals surface area contributed by atoms with Crippen LogP contribution in [0.15, 0.2) is 35.1 Å². The van der Waals surface area contributed by atoms with E-state index in [1.807, 2.05) is 0 Å². The fourth-order valence-corrected chi connectivity index (χ4v) is 2.39. The third kappa shape index (κ3) is 2.20. The number of aromatic nitrogens is 1. The van der Waals surface area contributed by atoms with Gasteiger partial charge in [0.05, 0.1) is 37.1 Å². The Balaban J connectivity index is 2.52. The predicted octanol–water partition coefficient (Wildman–Crippen LogP) is 2.41. The van der Waals surface area contributed by atoms with E-state index >= 15 is 0 Å². The molecule has 11 nitrogen and oxygen atoms in total. The number of pyridine rings is 1. The van der Waals surface area contributed by atoms with E-state index in [1.54, 1.807) is 0 Å². The van der Waals surface area contributed by atoms with Crippen LogP contribution in [-0.4, -0.2) is 19.8 Å². The highest BCUT2D eigenvalue weighted by Gasteiger charge is 2.23. The zero-order valence-corrected chi connectivity index (χ0v) is 11.6. The normalized spacial score (nSPS) is 10.8. The smallest absolute Gasteiger partial charge is 0.300 e. The van der Waals surface area contributed by atoms with Crippen LogP contribution in [0.3, 0.4) is 0 Å². The molecule has 24 heavy (non-hydrogen) atoms. The molecule has 3 rings (SSSR count). The topological polar surface area (TPSA) is 162 Å². The van der Waals surface area contributed by atoms with Crippen molar-refractivity contribution < 1.29 is 14.8 Å². The van der Waals surface area contributed by atoms with Crippen LogP contribution in [0, 0.1) is 30.3 Å². The van der Waals surface area contributed by atoms with Crippen molar-refractivity contribution in [2.24, 2.45) is 0 Å². The van der Waals surface area contributed by atoms with Crippen molar-refractivity contribution in [3.63, 3.8) is 0 Å². The summed E-state index contributed by atoms with van der Waals surface area (Å²) in [6, 6.07) is 5.05. The van der Waals surface area contributed by atoms with E-state index in [9.17, 15) is 35.1 Å². The van der Waals surface area contributed by atoms with Gasteiger partial charge in [0.15, 0.2) is 5.43 Å². The van der Waals surface area contributed by atoms with E-state index in [2.05, 4.69) is 4.98 Å². The van der Waals surface area contributed by atoms with Gasteiger partial charge in [0.1, 0.15) is 5.52 Å². The van der Waals surface area contributed by atoms with Crippen LogP contribution in [0.25, 0.3) is 21.8 Å². The first kappa shape index (κ1) is 15.0. The molecule has 120 valence electrons. The van der Waals surface area contributed by atoms with Gasteiger partial charge >= 0.3 is 0 Å². The van der Waals surface area contributed by atoms with Gasteiger partial charge in [0, 0.05) is 18.2 Å². The maximum absolute atomic E-state index is 12.5. The second-order valence-corrected chi connectivity index (χ2v) is 4.84. The van der Waals surface area contributed by atoms with Gasteiger partial charge in [-0.15, -0.1) is 0 Å². The lowest BCUT2D eigenvalue weighted by molar-refractivity contribution is -0.393. The summed E-state index contributed by atoms with van der Waals surface area (Å²) in [5.41, 5.74) is -2.39. The van der Waals surface area contributed by atoms with Gasteiger partial charge in [-0.25, -0.2) is 0 Å². The van der Waals surface area contributed by atoms with Gasteiger partial charge in [-0.1, -0.05) is 0 Å². The molecule has 0 unspecified atom stereocenters. The first-order valence-electron chi connectivity index (χ1n) is 6.36. The monoisotopic (exact) mass is 330 g/mol. The molecule has 0 radical (unpaired) electrons. The molecule has 1 heterocycles. The fraction of sp³-hybridized carbons (Fsp3) is 0. The minimum absolute atomic E-state index is 0.0912. The van der Waals surface area contributed by atoms with E-state index in [-0.39, 0.29) is 27.5 Å². The van der Waals surface area contributed by atoms with E-state index in [0.29, 0.717) is 0 Å². The van der Waals surface area contributed by atoms with E-state index in [4.69, 9.17) is 0 Å². The first-order chi connectivity index (χ1) is 11.3. The van der Waals surface area contributed by atoms with Crippen LogP contribution in [0.2, 0.25) is 0 Å². The number of hydrogen-bond acceptors (Lipinski definition) is 7. The Kier molecular flexibility index (Phi) is 3.18. The Morgan fingerprint density at radius 3 is 2.00 bits per heavy atom. The average molecular weight is 330 g/mol. The molecule has 0 saturated carbocycles. The fourth-order valence-electron chi connectivity index (χ4n) is 2.39. The molecule has 1 aromatic heterocycles. The number of hydrogen-bond donors (Lipinski definition) is 1. The molecule has 1 N–H and O–H groups in total. The third-order valence-electron chi connectivity index (χ3n) is 3.47. The van der Waals surface area contributed by atoms with Crippen molar-refractivity contribution in [3.05, 3.63) is 70.9 Å². The van der Waals surface area contributed by atoms with Crippen LogP contribution in [0.4, 0.5) is 17.1 Å². The van der Waals surface area contributed by atoms with Crippen molar-refractivity contribution in [1.29, 1.82) is 0 Å². The number of nitrogens with zero attached hydrogens (tertiary/aromatic N) is 3. The highest BCUT2D eigenvalue weighted by molar-refractivity contribution is 5.98. The molecule has 0 fully saturated rings. The molecule has 2 aromatic carbocycles. The molecule has 0 amide bonds. The Labute approximate surface area is 130 Å². The zero-order chi connectivity index (χ0) is 17.6. The number of nitrogens with one attached hydrogen (secondary N) is 1. The zero-order valence-electron chi connectivity index (χ0n) is 11.6. The van der Waals surface area contributed by atoms with Crippen LogP contribution in [0.1, 0.15) is 0 Å². The lowest BCUT2D eigenvalue weighted by Crippen LogP contribution is -2.07. The van der Waals surface area contributed by atoms with Gasteiger partial charge in [0.2, 0.25) is 0 Å². The lowest BCUT2D eigenvalue weighted by atomic mass is 10.1. The Hall–Kier alpha value is -3.89. The number of fused-ring (bicyclic) bond motifs is 2. The molecule has 0 aliphatic heterocycles. The van der Waals surface area contributed by atoms with E-state index < -0.39 is 31.6 Å². The largest absolute Gasteiger partial charge is 0.349 e. The summed E-state index contributed by atoms with van der Waals surface area (Å²) < 4.78 is 0. The van der Waals surface area contributed by atoms with Crippen molar-refractivity contribution in [2.75, 3.05) is 0 Å². The van der Waals surface area contributed by atoms with Crippen molar-refractivity contribution in [3.8, 4) is 0 Å². The van der Waals surface area contributed by atoms with Crippen LogP contribution < -0.4 is 5.43 Å². The first-order valence-corrected chi connectivity index (χ1v) is 6.36. The number of benzene rings is 2. The molecular weight excluding hydrogens is 324 g/mol. The number of nitro groups is 3. The molecule has 0 spiro atoms. The minimum atomic E-state index is -0.858. The maximum Gasteiger partial charge on any atom is 0.300 e. The summed E-state index contributed by atoms with van der Waals surface area (Å²) in [5.74, 6) is 0. The van der Waals surface area contributed by atoms with Crippen molar-refractivity contribution >= 4 is 38.9 Å². The molecule has 0 aliphatic rings. The summed E-state index contributed by atoms with van der Waals surface area (Å²) in [5, 5.41) is 32.5. The Morgan fingerprint density at radius 1 is 0.792 bits per heavy atom. The Bertz CT molecular complexity index is 1120. The van der Waals surface area contributed by atoms with Crippen molar-refractivity contribution in [1.82, 2.24) is 4.98 Å². The standard InChI is InChI=1S/C13H6N4O7/c18-13-8-3-6(15(19)20)1-2-10(8)14-12-9(13)4-7(16(21)22)5-11(12)17(23)24/h1-5H,(H,14,18). The van der Waals surface area contributed by atoms with Crippen LogP contribution in [0.5, 0.6) is 0 Å². The Morgan fingerprint density at radius 2 is 1.42 bits per heavy atom. The summed E-state index contributed by atoms with van der Waals surface area (Å²) in [7, 11) is 0. The summed E-state index contributed by atoms with van der Waals surface area (Å²) >= 11 is 0. The van der Waals surface area contributed by atoms with Crippen LogP contribution in [-0.2, 0) is 0 Å². The van der Waals surface area contributed by atoms with Gasteiger partial charge in [-0.2, -0.15) is 0 Å². The third-order valence-corrected chi connectivity index (χ3v) is 3.47. The van der Waals surface area contributed by atoms with Crippen molar-refractivity contribution in [2.45, 2.75) is 0 Å². The average Bonchev–Trinajstić information content (AvgIpc) is 2.53. The second kappa shape index (κ2) is 5.08. The number of rotatable bonds is 3. The molecule has 11 heteroatoms. The molecule has 0 saturated heterocycles. The van der Waals surface area contributed by atoms with E-state index in [1.165, 1.54) is 6.07 Å². The van der Waals surface area contributed by atoms with E-state index in [0.717, 1.165) is 24.3 Å². The van der Waals surface area contributed by atoms with Gasteiger partial charge in [0.25, 0.3) is 17.1 Å². The van der Waals surface area contributed by atoms with Gasteiger partial charge in [-0.3, -0.25) is 35.1 Å². The lowest BCUT2D eigenvalue weighted by Gasteiger charge is -2.04. The summed E-state index contributed by atoms with van der Waals surface area (Å²) in [4.78, 5) is 45.7. The quantitative estimate of drug-likeness (QED) is 0.437. The van der Waals surface area contributed by atoms with Crippen LogP contribution >= 0.6 is 0 Å². The molecule has 0 aliphatic carbocycles.